The van der Waals surface area contributed by atoms with Gasteiger partial charge in [-0.05, 0) is 60.7 Å². The van der Waals surface area contributed by atoms with Crippen molar-refractivity contribution in [1.29, 1.82) is 0 Å². The minimum Gasteiger partial charge on any atom is -0.350 e. The highest BCUT2D eigenvalue weighted by atomic mass is 79.9. The van der Waals surface area contributed by atoms with Crippen LogP contribution in [0.3, 0.4) is 0 Å². The lowest BCUT2D eigenvalue weighted by Gasteiger charge is -2.24. The van der Waals surface area contributed by atoms with E-state index in [-0.39, 0.29) is 35.5 Å². The molecular weight excluding hydrogens is 494 g/mol. The summed E-state index contributed by atoms with van der Waals surface area (Å²) in [4.78, 5) is 26.9. The number of amides is 2. The average molecular weight is 510 g/mol. The van der Waals surface area contributed by atoms with E-state index in [0.717, 1.165) is 4.47 Å². The molecule has 8 heteroatoms. The molecule has 3 aromatic carbocycles. The zero-order chi connectivity index (χ0) is 21.7. The predicted molar refractivity (Wildman–Crippen MR) is 121 cm³/mol. The number of halogens is 4. The van der Waals surface area contributed by atoms with Crippen LogP contribution in [-0.2, 0) is 0 Å². The van der Waals surface area contributed by atoms with Gasteiger partial charge in [-0.15, -0.1) is 0 Å². The van der Waals surface area contributed by atoms with Crippen molar-refractivity contribution < 1.29 is 14.0 Å². The molecular formula is C22H16BrCl2FN2O2. The molecule has 3 rings (SSSR count). The fraction of sp³-hybridized carbons (Fsp3) is 0.0909. The molecule has 30 heavy (non-hydrogen) atoms. The van der Waals surface area contributed by atoms with Crippen LogP contribution in [0.2, 0.25) is 10.0 Å². The zero-order valence-electron chi connectivity index (χ0n) is 15.5. The Morgan fingerprint density at radius 2 is 1.73 bits per heavy atom. The SMILES string of the molecule is O=C(NCCN(C(=O)c1ccc(Cl)cc1Cl)c1ccc(F)cc1)c1cccc(Br)c1. The lowest BCUT2D eigenvalue weighted by atomic mass is 10.1. The first-order valence-electron chi connectivity index (χ1n) is 8.91. The highest BCUT2D eigenvalue weighted by Crippen LogP contribution is 2.25. The molecule has 0 aliphatic rings. The first-order valence-corrected chi connectivity index (χ1v) is 10.5. The van der Waals surface area contributed by atoms with E-state index >= 15 is 0 Å². The van der Waals surface area contributed by atoms with E-state index in [1.54, 1.807) is 24.3 Å². The molecule has 0 radical (unpaired) electrons. The van der Waals surface area contributed by atoms with Gasteiger partial charge in [-0.1, -0.05) is 45.2 Å². The Hall–Kier alpha value is -2.41. The van der Waals surface area contributed by atoms with Gasteiger partial charge in [-0.2, -0.15) is 0 Å². The molecule has 4 nitrogen and oxygen atoms in total. The van der Waals surface area contributed by atoms with Crippen LogP contribution in [0, 0.1) is 5.82 Å². The van der Waals surface area contributed by atoms with Gasteiger partial charge < -0.3 is 10.2 Å². The van der Waals surface area contributed by atoms with E-state index in [4.69, 9.17) is 23.2 Å². The molecule has 0 heterocycles. The fourth-order valence-electron chi connectivity index (χ4n) is 2.79. The maximum Gasteiger partial charge on any atom is 0.259 e. The largest absolute Gasteiger partial charge is 0.350 e. The van der Waals surface area contributed by atoms with Crippen LogP contribution >= 0.6 is 39.1 Å². The second kappa shape index (κ2) is 10.1. The van der Waals surface area contributed by atoms with Crippen molar-refractivity contribution in [1.82, 2.24) is 5.32 Å². The summed E-state index contributed by atoms with van der Waals surface area (Å²) < 4.78 is 14.1. The second-order valence-corrected chi connectivity index (χ2v) is 8.08. The molecule has 2 amide bonds. The van der Waals surface area contributed by atoms with Crippen LogP contribution in [0.15, 0.2) is 71.2 Å². The first kappa shape index (κ1) is 22.3. The summed E-state index contributed by atoms with van der Waals surface area (Å²) >= 11 is 15.4. The number of carbonyl (C=O) groups is 2. The van der Waals surface area contributed by atoms with Crippen LogP contribution < -0.4 is 10.2 Å². The summed E-state index contributed by atoms with van der Waals surface area (Å²) in [6.07, 6.45) is 0. The monoisotopic (exact) mass is 508 g/mol. The molecule has 0 saturated carbocycles. The number of hydrogen-bond donors (Lipinski definition) is 1. The van der Waals surface area contributed by atoms with Gasteiger partial charge in [0.2, 0.25) is 0 Å². The van der Waals surface area contributed by atoms with Crippen molar-refractivity contribution in [2.75, 3.05) is 18.0 Å². The van der Waals surface area contributed by atoms with Crippen LogP contribution in [0.5, 0.6) is 0 Å². The van der Waals surface area contributed by atoms with Crippen LogP contribution in [0.4, 0.5) is 10.1 Å². The summed E-state index contributed by atoms with van der Waals surface area (Å²) in [7, 11) is 0. The maximum absolute atomic E-state index is 13.4. The number of carbonyl (C=O) groups excluding carboxylic acids is 2. The number of nitrogens with zero attached hydrogens (tertiary/aromatic N) is 1. The molecule has 0 aliphatic carbocycles. The molecule has 0 aromatic heterocycles. The van der Waals surface area contributed by atoms with Crippen molar-refractivity contribution in [3.8, 4) is 0 Å². The van der Waals surface area contributed by atoms with Crippen molar-refractivity contribution in [3.63, 3.8) is 0 Å². The molecule has 0 atom stereocenters. The Morgan fingerprint density at radius 3 is 2.40 bits per heavy atom. The van der Waals surface area contributed by atoms with Gasteiger partial charge in [0.1, 0.15) is 5.82 Å². The zero-order valence-corrected chi connectivity index (χ0v) is 18.6. The normalized spacial score (nSPS) is 10.5. The Morgan fingerprint density at radius 1 is 1.00 bits per heavy atom. The van der Waals surface area contributed by atoms with Crippen molar-refractivity contribution in [2.45, 2.75) is 0 Å². The highest BCUT2D eigenvalue weighted by molar-refractivity contribution is 9.10. The van der Waals surface area contributed by atoms with E-state index in [0.29, 0.717) is 16.3 Å². The standard InChI is InChI=1S/C22H16BrCl2FN2O2/c23-15-3-1-2-14(12-15)21(29)27-10-11-28(18-7-5-17(26)6-8-18)22(30)19-9-4-16(24)13-20(19)25/h1-9,12-13H,10-11H2,(H,27,29). The Labute approximate surface area is 191 Å². The van der Waals surface area contributed by atoms with Crippen molar-refractivity contribution in [3.05, 3.63) is 98.2 Å². The number of nitrogens with one attached hydrogen (secondary N) is 1. The van der Waals surface area contributed by atoms with E-state index in [1.165, 1.54) is 41.3 Å². The van der Waals surface area contributed by atoms with Gasteiger partial charge in [0.25, 0.3) is 11.8 Å². The quantitative estimate of drug-likeness (QED) is 0.445. The van der Waals surface area contributed by atoms with Gasteiger partial charge in [-0.25, -0.2) is 4.39 Å². The molecule has 0 bridgehead atoms. The third-order valence-corrected chi connectivity index (χ3v) is 5.29. The van der Waals surface area contributed by atoms with Crippen LogP contribution in [-0.4, -0.2) is 24.9 Å². The number of hydrogen-bond acceptors (Lipinski definition) is 2. The fourth-order valence-corrected chi connectivity index (χ4v) is 3.68. The number of anilines is 1. The minimum absolute atomic E-state index is 0.156. The van der Waals surface area contributed by atoms with Gasteiger partial charge in [0.05, 0.1) is 10.6 Å². The minimum atomic E-state index is -0.418. The van der Waals surface area contributed by atoms with E-state index in [2.05, 4.69) is 21.2 Å². The molecule has 3 aromatic rings. The number of benzene rings is 3. The average Bonchev–Trinajstić information content (AvgIpc) is 2.71. The summed E-state index contributed by atoms with van der Waals surface area (Å²) in [6.45, 7) is 0.336. The highest BCUT2D eigenvalue weighted by Gasteiger charge is 2.21. The third kappa shape index (κ3) is 5.59. The van der Waals surface area contributed by atoms with Crippen molar-refractivity contribution in [2.24, 2.45) is 0 Å². The smallest absolute Gasteiger partial charge is 0.259 e. The Bertz CT molecular complexity index is 1080. The van der Waals surface area contributed by atoms with E-state index in [1.807, 2.05) is 6.07 Å². The molecule has 1 N–H and O–H groups in total. The number of rotatable bonds is 6. The van der Waals surface area contributed by atoms with Crippen molar-refractivity contribution >= 4 is 56.6 Å². The second-order valence-electron chi connectivity index (χ2n) is 6.32. The Balaban J connectivity index is 1.78. The molecule has 0 spiro atoms. The molecule has 154 valence electrons. The van der Waals surface area contributed by atoms with Gasteiger partial charge in [0, 0.05) is 33.8 Å². The van der Waals surface area contributed by atoms with E-state index in [9.17, 15) is 14.0 Å². The lowest BCUT2D eigenvalue weighted by molar-refractivity contribution is 0.0943. The van der Waals surface area contributed by atoms with Crippen LogP contribution in [0.1, 0.15) is 20.7 Å². The predicted octanol–water partition coefficient (Wildman–Crippen LogP) is 5.97. The summed E-state index contributed by atoms with van der Waals surface area (Å²) in [5.41, 5.74) is 1.22. The van der Waals surface area contributed by atoms with E-state index < -0.39 is 5.82 Å². The lowest BCUT2D eigenvalue weighted by Crippen LogP contribution is -2.39. The molecule has 0 fully saturated rings. The Kier molecular flexibility index (Phi) is 7.48. The summed E-state index contributed by atoms with van der Waals surface area (Å²) in [5, 5.41) is 3.40. The third-order valence-electron chi connectivity index (χ3n) is 4.25. The van der Waals surface area contributed by atoms with Gasteiger partial charge in [0.15, 0.2) is 0 Å². The summed E-state index contributed by atoms with van der Waals surface area (Å²) in [6, 6.07) is 17.1. The summed E-state index contributed by atoms with van der Waals surface area (Å²) in [5.74, 6) is -1.08. The molecule has 0 aliphatic heterocycles. The van der Waals surface area contributed by atoms with Gasteiger partial charge >= 0.3 is 0 Å². The van der Waals surface area contributed by atoms with Gasteiger partial charge in [-0.3, -0.25) is 9.59 Å². The maximum atomic E-state index is 13.4. The first-order chi connectivity index (χ1) is 14.3. The molecule has 0 saturated heterocycles. The topological polar surface area (TPSA) is 49.4 Å². The molecule has 0 unspecified atom stereocenters. The van der Waals surface area contributed by atoms with Crippen LogP contribution in [0.25, 0.3) is 0 Å².